The van der Waals surface area contributed by atoms with Crippen LogP contribution in [0, 0.1) is 0 Å². The number of nitrogens with one attached hydrogen (secondary N) is 1. The normalized spacial score (nSPS) is 18.1. The lowest BCUT2D eigenvalue weighted by atomic mass is 10.1. The molecule has 0 radical (unpaired) electrons. The van der Waals surface area contributed by atoms with Crippen LogP contribution in [-0.4, -0.2) is 22.7 Å². The van der Waals surface area contributed by atoms with Gasteiger partial charge >= 0.3 is 0 Å². The number of amides is 1. The highest BCUT2D eigenvalue weighted by Gasteiger charge is 2.16. The Balaban J connectivity index is 2.38. The Bertz CT molecular complexity index is 437. The van der Waals surface area contributed by atoms with Crippen molar-refractivity contribution in [2.45, 2.75) is 6.42 Å². The molecule has 0 aliphatic carbocycles. The second-order valence-corrected chi connectivity index (χ2v) is 3.42. The van der Waals surface area contributed by atoms with Crippen molar-refractivity contribution in [2.75, 3.05) is 6.54 Å². The summed E-state index contributed by atoms with van der Waals surface area (Å²) in [5.74, 6) is 0.01000. The van der Waals surface area contributed by atoms with Gasteiger partial charge in [-0.25, -0.2) is 0 Å². The Kier molecular flexibility index (Phi) is 2.33. The molecule has 1 saturated heterocycles. The molecule has 1 amide bonds. The summed E-state index contributed by atoms with van der Waals surface area (Å²) in [6.45, 7) is 0.629. The fraction of sp³-hybridized carbons (Fsp3) is 0.182. The number of phenols is 2. The Morgan fingerprint density at radius 3 is 2.80 bits per heavy atom. The lowest BCUT2D eigenvalue weighted by molar-refractivity contribution is -0.116. The second kappa shape index (κ2) is 3.65. The van der Waals surface area contributed by atoms with Crippen molar-refractivity contribution in [3.63, 3.8) is 0 Å². The quantitative estimate of drug-likeness (QED) is 0.473. The summed E-state index contributed by atoms with van der Waals surface area (Å²) >= 11 is 0. The summed E-state index contributed by atoms with van der Waals surface area (Å²) in [6.07, 6.45) is 2.24. The molecule has 1 aromatic rings. The highest BCUT2D eigenvalue weighted by Crippen LogP contribution is 2.25. The fourth-order valence-electron chi connectivity index (χ4n) is 1.52. The van der Waals surface area contributed by atoms with Crippen molar-refractivity contribution in [3.8, 4) is 11.5 Å². The van der Waals surface area contributed by atoms with E-state index in [1.165, 1.54) is 18.2 Å². The second-order valence-electron chi connectivity index (χ2n) is 3.42. The number of benzene rings is 1. The fourth-order valence-corrected chi connectivity index (χ4v) is 1.52. The Hall–Kier alpha value is -1.97. The monoisotopic (exact) mass is 205 g/mol. The van der Waals surface area contributed by atoms with Gasteiger partial charge in [-0.2, -0.15) is 0 Å². The van der Waals surface area contributed by atoms with Gasteiger partial charge in [-0.3, -0.25) is 4.79 Å². The highest BCUT2D eigenvalue weighted by atomic mass is 16.3. The molecule has 0 unspecified atom stereocenters. The van der Waals surface area contributed by atoms with E-state index in [-0.39, 0.29) is 17.4 Å². The SMILES string of the molecule is O=C1NCC/C1=C\c1cc(O)ccc1O. The third-order valence-electron chi connectivity index (χ3n) is 2.31. The third-order valence-corrected chi connectivity index (χ3v) is 2.31. The summed E-state index contributed by atoms with van der Waals surface area (Å²) in [5.41, 5.74) is 1.08. The van der Waals surface area contributed by atoms with Gasteiger partial charge in [0.05, 0.1) is 0 Å². The van der Waals surface area contributed by atoms with Crippen LogP contribution in [0.4, 0.5) is 0 Å². The molecule has 78 valence electrons. The first-order valence-corrected chi connectivity index (χ1v) is 4.67. The molecule has 1 aliphatic rings. The zero-order valence-corrected chi connectivity index (χ0v) is 8.03. The van der Waals surface area contributed by atoms with Crippen molar-refractivity contribution in [1.82, 2.24) is 5.32 Å². The van der Waals surface area contributed by atoms with Gasteiger partial charge in [0.15, 0.2) is 0 Å². The molecule has 2 rings (SSSR count). The number of phenolic OH excluding ortho intramolecular Hbond substituents is 2. The standard InChI is InChI=1S/C11H11NO3/c13-9-1-2-10(14)8(6-9)5-7-3-4-12-11(7)15/h1-2,5-6,13-14H,3-4H2,(H,12,15)/b7-5+. The molecule has 0 spiro atoms. The molecule has 0 aromatic heterocycles. The van der Waals surface area contributed by atoms with Gasteiger partial charge in [0.25, 0.3) is 0 Å². The predicted molar refractivity (Wildman–Crippen MR) is 55.4 cm³/mol. The van der Waals surface area contributed by atoms with E-state index in [0.29, 0.717) is 24.1 Å². The minimum absolute atomic E-state index is 0.0556. The molecule has 3 N–H and O–H groups in total. The summed E-state index contributed by atoms with van der Waals surface area (Å²) in [6, 6.07) is 4.22. The molecule has 1 fully saturated rings. The molecule has 4 nitrogen and oxygen atoms in total. The molecule has 1 aromatic carbocycles. The Morgan fingerprint density at radius 1 is 1.33 bits per heavy atom. The largest absolute Gasteiger partial charge is 0.508 e. The molecule has 1 heterocycles. The minimum Gasteiger partial charge on any atom is -0.508 e. The van der Waals surface area contributed by atoms with Gasteiger partial charge < -0.3 is 15.5 Å². The number of aromatic hydroxyl groups is 2. The van der Waals surface area contributed by atoms with Gasteiger partial charge in [-0.05, 0) is 30.7 Å². The summed E-state index contributed by atoms with van der Waals surface area (Å²) < 4.78 is 0. The Morgan fingerprint density at radius 2 is 2.13 bits per heavy atom. The van der Waals surface area contributed by atoms with Gasteiger partial charge in [-0.15, -0.1) is 0 Å². The average molecular weight is 205 g/mol. The zero-order chi connectivity index (χ0) is 10.8. The van der Waals surface area contributed by atoms with Crippen LogP contribution < -0.4 is 5.32 Å². The third kappa shape index (κ3) is 1.93. The number of rotatable bonds is 1. The molecule has 0 bridgehead atoms. The van der Waals surface area contributed by atoms with E-state index >= 15 is 0 Å². The summed E-state index contributed by atoms with van der Waals surface area (Å²) in [7, 11) is 0. The maximum Gasteiger partial charge on any atom is 0.247 e. The first-order chi connectivity index (χ1) is 7.16. The zero-order valence-electron chi connectivity index (χ0n) is 8.03. The van der Waals surface area contributed by atoms with E-state index in [4.69, 9.17) is 0 Å². The van der Waals surface area contributed by atoms with Crippen molar-refractivity contribution in [1.29, 1.82) is 0 Å². The molecule has 4 heteroatoms. The summed E-state index contributed by atoms with van der Waals surface area (Å²) in [4.78, 5) is 11.3. The molecular weight excluding hydrogens is 194 g/mol. The van der Waals surface area contributed by atoms with Crippen molar-refractivity contribution in [3.05, 3.63) is 29.3 Å². The number of hydrogen-bond donors (Lipinski definition) is 3. The highest BCUT2D eigenvalue weighted by molar-refractivity contribution is 6.00. The molecule has 0 saturated carbocycles. The van der Waals surface area contributed by atoms with Gasteiger partial charge in [0.1, 0.15) is 11.5 Å². The lowest BCUT2D eigenvalue weighted by Gasteiger charge is -2.00. The van der Waals surface area contributed by atoms with E-state index in [0.717, 1.165) is 0 Å². The average Bonchev–Trinajstić information content (AvgIpc) is 2.58. The number of carbonyl (C=O) groups excluding carboxylic acids is 1. The first kappa shape index (κ1) is 9.58. The van der Waals surface area contributed by atoms with Crippen molar-refractivity contribution in [2.24, 2.45) is 0 Å². The van der Waals surface area contributed by atoms with Gasteiger partial charge in [0.2, 0.25) is 5.91 Å². The van der Waals surface area contributed by atoms with Crippen LogP contribution in [0.5, 0.6) is 11.5 Å². The molecular formula is C11H11NO3. The van der Waals surface area contributed by atoms with Crippen LogP contribution in [0.25, 0.3) is 6.08 Å². The lowest BCUT2D eigenvalue weighted by Crippen LogP contribution is -2.13. The predicted octanol–water partition coefficient (Wildman–Crippen LogP) is 1.00. The van der Waals surface area contributed by atoms with Gasteiger partial charge in [0, 0.05) is 17.7 Å². The van der Waals surface area contributed by atoms with Crippen LogP contribution in [0.2, 0.25) is 0 Å². The van der Waals surface area contributed by atoms with E-state index in [1.807, 2.05) is 0 Å². The van der Waals surface area contributed by atoms with E-state index in [9.17, 15) is 15.0 Å². The van der Waals surface area contributed by atoms with Crippen molar-refractivity contribution < 1.29 is 15.0 Å². The van der Waals surface area contributed by atoms with Crippen LogP contribution in [-0.2, 0) is 4.79 Å². The molecule has 1 aliphatic heterocycles. The maximum absolute atomic E-state index is 11.3. The first-order valence-electron chi connectivity index (χ1n) is 4.67. The van der Waals surface area contributed by atoms with Gasteiger partial charge in [-0.1, -0.05) is 0 Å². The number of carbonyl (C=O) groups is 1. The topological polar surface area (TPSA) is 69.6 Å². The Labute approximate surface area is 86.9 Å². The van der Waals surface area contributed by atoms with E-state index in [1.54, 1.807) is 6.08 Å². The van der Waals surface area contributed by atoms with Crippen LogP contribution in [0.1, 0.15) is 12.0 Å². The van der Waals surface area contributed by atoms with Crippen LogP contribution in [0.3, 0.4) is 0 Å². The minimum atomic E-state index is -0.113. The van der Waals surface area contributed by atoms with Crippen molar-refractivity contribution >= 4 is 12.0 Å². The number of hydrogen-bond acceptors (Lipinski definition) is 3. The van der Waals surface area contributed by atoms with Crippen LogP contribution >= 0.6 is 0 Å². The smallest absolute Gasteiger partial charge is 0.247 e. The molecule has 15 heavy (non-hydrogen) atoms. The van der Waals surface area contributed by atoms with E-state index < -0.39 is 0 Å². The van der Waals surface area contributed by atoms with E-state index in [2.05, 4.69) is 5.32 Å². The maximum atomic E-state index is 11.3. The summed E-state index contributed by atoms with van der Waals surface area (Å²) in [5, 5.41) is 21.4. The van der Waals surface area contributed by atoms with Crippen LogP contribution in [0.15, 0.2) is 23.8 Å². The molecule has 0 atom stereocenters.